The van der Waals surface area contributed by atoms with E-state index in [1.165, 1.54) is 19.2 Å². The van der Waals surface area contributed by atoms with Gasteiger partial charge in [0.05, 0.1) is 17.7 Å². The highest BCUT2D eigenvalue weighted by molar-refractivity contribution is 9.10. The number of sulfonamides is 1. The second kappa shape index (κ2) is 7.36. The van der Waals surface area contributed by atoms with Crippen LogP contribution in [-0.4, -0.2) is 28.0 Å². The molecular formula is C17H18BrNO4S. The van der Waals surface area contributed by atoms with Crippen LogP contribution in [0.15, 0.2) is 51.8 Å². The summed E-state index contributed by atoms with van der Waals surface area (Å²) in [6.07, 6.45) is 0. The smallest absolute Gasteiger partial charge is 0.326 e. The number of rotatable bonds is 5. The fraction of sp³-hybridized carbons (Fsp3) is 0.235. The summed E-state index contributed by atoms with van der Waals surface area (Å²) in [6.45, 7) is 3.23. The number of methoxy groups -OCH3 is 1. The molecule has 7 heteroatoms. The van der Waals surface area contributed by atoms with Gasteiger partial charge in [-0.3, -0.25) is 9.10 Å². The molecule has 2 aromatic carbocycles. The molecule has 0 amide bonds. The van der Waals surface area contributed by atoms with Crippen LogP contribution in [0.4, 0.5) is 5.69 Å². The van der Waals surface area contributed by atoms with Crippen molar-refractivity contribution in [2.45, 2.75) is 18.7 Å². The largest absolute Gasteiger partial charge is 0.468 e. The van der Waals surface area contributed by atoms with Gasteiger partial charge in [0.2, 0.25) is 0 Å². The van der Waals surface area contributed by atoms with E-state index in [4.69, 9.17) is 0 Å². The molecule has 24 heavy (non-hydrogen) atoms. The molecule has 0 aliphatic heterocycles. The van der Waals surface area contributed by atoms with Crippen LogP contribution in [0, 0.1) is 13.8 Å². The minimum atomic E-state index is -3.91. The molecule has 0 bridgehead atoms. The average Bonchev–Trinajstić information content (AvgIpc) is 2.53. The fourth-order valence-electron chi connectivity index (χ4n) is 2.40. The minimum absolute atomic E-state index is 0.109. The van der Waals surface area contributed by atoms with Gasteiger partial charge in [-0.05, 0) is 49.2 Å². The first kappa shape index (κ1) is 18.5. The van der Waals surface area contributed by atoms with Gasteiger partial charge in [0, 0.05) is 4.47 Å². The molecule has 0 saturated heterocycles. The Morgan fingerprint density at radius 1 is 1.08 bits per heavy atom. The number of anilines is 1. The highest BCUT2D eigenvalue weighted by Gasteiger charge is 2.29. The minimum Gasteiger partial charge on any atom is -0.468 e. The zero-order valence-electron chi connectivity index (χ0n) is 13.6. The molecule has 2 rings (SSSR count). The normalized spacial score (nSPS) is 11.2. The maximum absolute atomic E-state index is 13.1. The number of aryl methyl sites for hydroxylation is 2. The Hall–Kier alpha value is -1.86. The lowest BCUT2D eigenvalue weighted by Gasteiger charge is -2.26. The molecule has 0 radical (unpaired) electrons. The van der Waals surface area contributed by atoms with Crippen molar-refractivity contribution in [1.82, 2.24) is 0 Å². The summed E-state index contributed by atoms with van der Waals surface area (Å²) in [6, 6.07) is 11.8. The molecule has 0 spiro atoms. The Kier molecular flexibility index (Phi) is 5.66. The van der Waals surface area contributed by atoms with Crippen molar-refractivity contribution in [1.29, 1.82) is 0 Å². The summed E-state index contributed by atoms with van der Waals surface area (Å²) < 4.78 is 32.8. The first-order valence-corrected chi connectivity index (χ1v) is 9.42. The number of para-hydroxylation sites is 1. The van der Waals surface area contributed by atoms with Gasteiger partial charge in [-0.15, -0.1) is 0 Å². The molecule has 5 nitrogen and oxygen atoms in total. The molecular weight excluding hydrogens is 394 g/mol. The maximum Gasteiger partial charge on any atom is 0.326 e. The molecule has 0 atom stereocenters. The van der Waals surface area contributed by atoms with Crippen LogP contribution >= 0.6 is 15.9 Å². The van der Waals surface area contributed by atoms with E-state index in [0.717, 1.165) is 19.9 Å². The van der Waals surface area contributed by atoms with Crippen LogP contribution in [0.3, 0.4) is 0 Å². The summed E-state index contributed by atoms with van der Waals surface area (Å²) in [7, 11) is -2.68. The third-order valence-electron chi connectivity index (χ3n) is 3.59. The number of halogens is 1. The van der Waals surface area contributed by atoms with Gasteiger partial charge < -0.3 is 4.74 Å². The number of hydrogen-bond acceptors (Lipinski definition) is 4. The number of carbonyl (C=O) groups excluding carboxylic acids is 1. The molecule has 0 aliphatic rings. The molecule has 128 valence electrons. The van der Waals surface area contributed by atoms with Crippen molar-refractivity contribution in [3.05, 3.63) is 58.1 Å². The van der Waals surface area contributed by atoms with E-state index in [-0.39, 0.29) is 11.4 Å². The predicted octanol–water partition coefficient (Wildman–Crippen LogP) is 3.43. The van der Waals surface area contributed by atoms with Gasteiger partial charge in [-0.2, -0.15) is 0 Å². The van der Waals surface area contributed by atoms with Crippen LogP contribution < -0.4 is 4.31 Å². The Bertz CT molecular complexity index is 827. The Morgan fingerprint density at radius 3 is 2.12 bits per heavy atom. The van der Waals surface area contributed by atoms with E-state index in [1.807, 2.05) is 32.0 Å². The summed E-state index contributed by atoms with van der Waals surface area (Å²) in [5, 5.41) is 0. The van der Waals surface area contributed by atoms with E-state index in [0.29, 0.717) is 5.69 Å². The molecule has 0 fully saturated rings. The lowest BCUT2D eigenvalue weighted by molar-refractivity contribution is -0.138. The van der Waals surface area contributed by atoms with Crippen molar-refractivity contribution in [2.24, 2.45) is 0 Å². The van der Waals surface area contributed by atoms with E-state index in [2.05, 4.69) is 20.7 Å². The fourth-order valence-corrected chi connectivity index (χ4v) is 4.20. The van der Waals surface area contributed by atoms with Crippen molar-refractivity contribution in [3.63, 3.8) is 0 Å². The van der Waals surface area contributed by atoms with Crippen molar-refractivity contribution in [2.75, 3.05) is 18.0 Å². The van der Waals surface area contributed by atoms with E-state index >= 15 is 0 Å². The SMILES string of the molecule is COC(=O)CN(c1c(C)cccc1C)S(=O)(=O)c1ccc(Br)cc1. The van der Waals surface area contributed by atoms with Gasteiger partial charge in [-0.1, -0.05) is 34.1 Å². The number of benzene rings is 2. The van der Waals surface area contributed by atoms with Crippen molar-refractivity contribution < 1.29 is 17.9 Å². The number of ether oxygens (including phenoxy) is 1. The molecule has 0 aliphatic carbocycles. The maximum atomic E-state index is 13.1. The van der Waals surface area contributed by atoms with Crippen LogP contribution in [0.5, 0.6) is 0 Å². The van der Waals surface area contributed by atoms with E-state index in [1.54, 1.807) is 12.1 Å². The molecule has 0 unspecified atom stereocenters. The molecule has 0 N–H and O–H groups in total. The van der Waals surface area contributed by atoms with Gasteiger partial charge >= 0.3 is 5.97 Å². The number of esters is 1. The predicted molar refractivity (Wildman–Crippen MR) is 96.6 cm³/mol. The van der Waals surface area contributed by atoms with E-state index in [9.17, 15) is 13.2 Å². The highest BCUT2D eigenvalue weighted by atomic mass is 79.9. The third kappa shape index (κ3) is 3.79. The third-order valence-corrected chi connectivity index (χ3v) is 5.88. The number of hydrogen-bond donors (Lipinski definition) is 0. The second-order valence-corrected chi connectivity index (χ2v) is 8.06. The summed E-state index contributed by atoms with van der Waals surface area (Å²) in [4.78, 5) is 11.9. The lowest BCUT2D eigenvalue weighted by Crippen LogP contribution is -2.37. The summed E-state index contributed by atoms with van der Waals surface area (Å²) in [5.41, 5.74) is 2.02. The van der Waals surface area contributed by atoms with Crippen LogP contribution in [0.2, 0.25) is 0 Å². The molecule has 0 saturated carbocycles. The molecule has 0 aromatic heterocycles. The topological polar surface area (TPSA) is 63.7 Å². The average molecular weight is 412 g/mol. The molecule has 2 aromatic rings. The van der Waals surface area contributed by atoms with Crippen molar-refractivity contribution >= 4 is 37.6 Å². The standard InChI is InChI=1S/C17H18BrNO4S/c1-12-5-4-6-13(2)17(12)19(11-16(20)23-3)24(21,22)15-9-7-14(18)8-10-15/h4-10H,11H2,1-3H3. The number of nitrogens with zero attached hydrogens (tertiary/aromatic N) is 1. The monoisotopic (exact) mass is 411 g/mol. The Morgan fingerprint density at radius 2 is 1.62 bits per heavy atom. The zero-order valence-corrected chi connectivity index (χ0v) is 16.0. The zero-order chi connectivity index (χ0) is 17.9. The van der Waals surface area contributed by atoms with Crippen LogP contribution in [-0.2, 0) is 19.6 Å². The second-order valence-electron chi connectivity index (χ2n) is 5.28. The summed E-state index contributed by atoms with van der Waals surface area (Å²) in [5.74, 6) is -0.627. The Balaban J connectivity index is 2.62. The Labute approximate surface area is 150 Å². The van der Waals surface area contributed by atoms with Gasteiger partial charge in [-0.25, -0.2) is 8.42 Å². The number of carbonyl (C=O) groups is 1. The summed E-state index contributed by atoms with van der Waals surface area (Å²) >= 11 is 3.29. The van der Waals surface area contributed by atoms with Crippen LogP contribution in [0.1, 0.15) is 11.1 Å². The van der Waals surface area contributed by atoms with Crippen LogP contribution in [0.25, 0.3) is 0 Å². The lowest BCUT2D eigenvalue weighted by atomic mass is 10.1. The van der Waals surface area contributed by atoms with Gasteiger partial charge in [0.15, 0.2) is 0 Å². The quantitative estimate of drug-likeness (QED) is 0.706. The van der Waals surface area contributed by atoms with E-state index < -0.39 is 16.0 Å². The first-order chi connectivity index (χ1) is 11.3. The van der Waals surface area contributed by atoms with Gasteiger partial charge in [0.25, 0.3) is 10.0 Å². The highest BCUT2D eigenvalue weighted by Crippen LogP contribution is 2.30. The first-order valence-electron chi connectivity index (χ1n) is 7.18. The molecule has 0 heterocycles. The van der Waals surface area contributed by atoms with Gasteiger partial charge in [0.1, 0.15) is 6.54 Å². The van der Waals surface area contributed by atoms with Crippen molar-refractivity contribution in [3.8, 4) is 0 Å².